The summed E-state index contributed by atoms with van der Waals surface area (Å²) in [6.07, 6.45) is 0. The first kappa shape index (κ1) is 10.5. The van der Waals surface area contributed by atoms with Gasteiger partial charge in [0.2, 0.25) is 5.91 Å². The second-order valence-corrected chi connectivity index (χ2v) is 3.58. The predicted molar refractivity (Wildman–Crippen MR) is 52.6 cm³/mol. The molecule has 76 valence electrons. The van der Waals surface area contributed by atoms with Crippen molar-refractivity contribution in [3.8, 4) is 0 Å². The van der Waals surface area contributed by atoms with Crippen molar-refractivity contribution in [2.45, 2.75) is 13.0 Å². The van der Waals surface area contributed by atoms with Crippen LogP contribution in [0.2, 0.25) is 0 Å². The molecule has 0 bridgehead atoms. The fourth-order valence-corrected chi connectivity index (χ4v) is 1.62. The Labute approximate surface area is 79.9 Å². The van der Waals surface area contributed by atoms with Crippen LogP contribution in [0.3, 0.4) is 0 Å². The van der Waals surface area contributed by atoms with Crippen molar-refractivity contribution in [1.29, 1.82) is 0 Å². The molecule has 0 aromatic carbocycles. The lowest BCUT2D eigenvalue weighted by Crippen LogP contribution is -2.55. The molecule has 13 heavy (non-hydrogen) atoms. The summed E-state index contributed by atoms with van der Waals surface area (Å²) in [4.78, 5) is 15.6. The molecule has 4 nitrogen and oxygen atoms in total. The maximum atomic E-state index is 11.6. The molecule has 1 N–H and O–H groups in total. The minimum absolute atomic E-state index is 0.0482. The van der Waals surface area contributed by atoms with Crippen molar-refractivity contribution in [2.75, 3.05) is 40.3 Å². The lowest BCUT2D eigenvalue weighted by Gasteiger charge is -2.37. The molecule has 1 fully saturated rings. The molecule has 0 spiro atoms. The van der Waals surface area contributed by atoms with Gasteiger partial charge in [0.25, 0.3) is 0 Å². The summed E-state index contributed by atoms with van der Waals surface area (Å²) in [6, 6.07) is 0.0482. The average molecular weight is 185 g/mol. The Bertz CT molecular complexity index is 182. The third-order valence-electron chi connectivity index (χ3n) is 2.65. The molecule has 1 amide bonds. The van der Waals surface area contributed by atoms with E-state index in [1.54, 1.807) is 4.90 Å². The normalized spacial score (nSPS) is 25.3. The molecule has 0 saturated carbocycles. The summed E-state index contributed by atoms with van der Waals surface area (Å²) in [6.45, 7) is 5.73. The van der Waals surface area contributed by atoms with Crippen LogP contribution in [0.5, 0.6) is 0 Å². The highest BCUT2D eigenvalue weighted by Crippen LogP contribution is 2.08. The van der Waals surface area contributed by atoms with Crippen LogP contribution in [0.4, 0.5) is 0 Å². The smallest absolute Gasteiger partial charge is 0.239 e. The summed E-state index contributed by atoms with van der Waals surface area (Å²) in [7, 11) is 3.80. The Morgan fingerprint density at radius 2 is 2.23 bits per heavy atom. The summed E-state index contributed by atoms with van der Waals surface area (Å²) >= 11 is 0. The van der Waals surface area contributed by atoms with Gasteiger partial charge in [-0.05, 0) is 14.0 Å². The van der Waals surface area contributed by atoms with Gasteiger partial charge in [-0.2, -0.15) is 0 Å². The lowest BCUT2D eigenvalue weighted by molar-refractivity contribution is -0.139. The molecule has 0 aromatic rings. The second kappa shape index (κ2) is 4.58. The van der Waals surface area contributed by atoms with Gasteiger partial charge in [0.05, 0.1) is 6.04 Å². The number of amides is 1. The Balaban J connectivity index is 2.44. The highest BCUT2D eigenvalue weighted by atomic mass is 16.2. The van der Waals surface area contributed by atoms with E-state index in [1.165, 1.54) is 0 Å². The van der Waals surface area contributed by atoms with Crippen molar-refractivity contribution >= 4 is 5.91 Å². The first-order valence-electron chi connectivity index (χ1n) is 4.80. The fourth-order valence-electron chi connectivity index (χ4n) is 1.62. The van der Waals surface area contributed by atoms with Crippen LogP contribution in [0, 0.1) is 0 Å². The number of likely N-dealkylation sites (N-methyl/N-ethyl adjacent to an activating group) is 2. The van der Waals surface area contributed by atoms with Crippen LogP contribution >= 0.6 is 0 Å². The van der Waals surface area contributed by atoms with Crippen LogP contribution in [0.1, 0.15) is 6.92 Å². The van der Waals surface area contributed by atoms with Crippen molar-refractivity contribution in [1.82, 2.24) is 15.1 Å². The number of piperazine rings is 1. The van der Waals surface area contributed by atoms with Gasteiger partial charge in [0, 0.05) is 33.2 Å². The molecule has 1 rings (SSSR count). The summed E-state index contributed by atoms with van der Waals surface area (Å²) in [5, 5.41) is 3.10. The standard InChI is InChI=1S/C9H19N3O/c1-8-9(13)11(3)6-7-12(8)5-4-10-2/h8,10H,4-7H2,1-3H3. The molecule has 4 heteroatoms. The van der Waals surface area contributed by atoms with Gasteiger partial charge in [-0.1, -0.05) is 0 Å². The van der Waals surface area contributed by atoms with Gasteiger partial charge in [-0.25, -0.2) is 0 Å². The maximum Gasteiger partial charge on any atom is 0.239 e. The van der Waals surface area contributed by atoms with Crippen LogP contribution < -0.4 is 5.32 Å². The highest BCUT2D eigenvalue weighted by Gasteiger charge is 2.28. The van der Waals surface area contributed by atoms with Gasteiger partial charge >= 0.3 is 0 Å². The number of nitrogens with zero attached hydrogens (tertiary/aromatic N) is 2. The largest absolute Gasteiger partial charge is 0.343 e. The fraction of sp³-hybridized carbons (Fsp3) is 0.889. The summed E-state index contributed by atoms with van der Waals surface area (Å²) in [5.41, 5.74) is 0. The van der Waals surface area contributed by atoms with E-state index in [2.05, 4.69) is 10.2 Å². The number of carbonyl (C=O) groups excluding carboxylic acids is 1. The van der Waals surface area contributed by atoms with E-state index < -0.39 is 0 Å². The first-order chi connectivity index (χ1) is 6.16. The van der Waals surface area contributed by atoms with Crippen LogP contribution in [0.25, 0.3) is 0 Å². The van der Waals surface area contributed by atoms with Crippen LogP contribution in [0.15, 0.2) is 0 Å². The molecule has 1 saturated heterocycles. The van der Waals surface area contributed by atoms with Gasteiger partial charge in [0.15, 0.2) is 0 Å². The molecule has 1 heterocycles. The Hall–Kier alpha value is -0.610. The molecular weight excluding hydrogens is 166 g/mol. The van der Waals surface area contributed by atoms with E-state index in [1.807, 2.05) is 21.0 Å². The zero-order valence-electron chi connectivity index (χ0n) is 8.71. The number of hydrogen-bond acceptors (Lipinski definition) is 3. The molecule has 1 unspecified atom stereocenters. The molecule has 1 aliphatic rings. The minimum Gasteiger partial charge on any atom is -0.343 e. The maximum absolute atomic E-state index is 11.6. The molecule has 0 aromatic heterocycles. The van der Waals surface area contributed by atoms with Crippen molar-refractivity contribution in [3.63, 3.8) is 0 Å². The molecular formula is C9H19N3O. The summed E-state index contributed by atoms with van der Waals surface area (Å²) < 4.78 is 0. The van der Waals surface area contributed by atoms with Crippen LogP contribution in [-0.4, -0.2) is 62.0 Å². The zero-order valence-corrected chi connectivity index (χ0v) is 8.71. The van der Waals surface area contributed by atoms with E-state index in [-0.39, 0.29) is 11.9 Å². The number of carbonyl (C=O) groups is 1. The monoisotopic (exact) mass is 185 g/mol. The Morgan fingerprint density at radius 1 is 1.54 bits per heavy atom. The van der Waals surface area contributed by atoms with Crippen LogP contribution in [-0.2, 0) is 4.79 Å². The SMILES string of the molecule is CNCCN1CCN(C)C(=O)C1C. The van der Waals surface area contributed by atoms with Crippen molar-refractivity contribution in [2.24, 2.45) is 0 Å². The van der Waals surface area contributed by atoms with Crippen molar-refractivity contribution in [3.05, 3.63) is 0 Å². The van der Waals surface area contributed by atoms with Gasteiger partial charge in [0.1, 0.15) is 0 Å². The van der Waals surface area contributed by atoms with Crippen molar-refractivity contribution < 1.29 is 4.79 Å². The zero-order chi connectivity index (χ0) is 9.84. The average Bonchev–Trinajstić information content (AvgIpc) is 2.13. The van der Waals surface area contributed by atoms with Gasteiger partial charge < -0.3 is 10.2 Å². The predicted octanol–water partition coefficient (Wildman–Crippen LogP) is -0.632. The topological polar surface area (TPSA) is 35.6 Å². The van der Waals surface area contributed by atoms with E-state index in [0.29, 0.717) is 0 Å². The number of nitrogens with one attached hydrogen (secondary N) is 1. The number of hydrogen-bond donors (Lipinski definition) is 1. The third-order valence-corrected chi connectivity index (χ3v) is 2.65. The van der Waals surface area contributed by atoms with E-state index >= 15 is 0 Å². The molecule has 0 aliphatic carbocycles. The minimum atomic E-state index is 0.0482. The Kier molecular flexibility index (Phi) is 3.69. The van der Waals surface area contributed by atoms with Gasteiger partial charge in [-0.15, -0.1) is 0 Å². The number of rotatable bonds is 3. The first-order valence-corrected chi connectivity index (χ1v) is 4.80. The van der Waals surface area contributed by atoms with E-state index in [9.17, 15) is 4.79 Å². The molecule has 1 aliphatic heterocycles. The second-order valence-electron chi connectivity index (χ2n) is 3.58. The van der Waals surface area contributed by atoms with E-state index in [0.717, 1.165) is 26.2 Å². The highest BCUT2D eigenvalue weighted by molar-refractivity contribution is 5.81. The Morgan fingerprint density at radius 3 is 2.85 bits per heavy atom. The summed E-state index contributed by atoms with van der Waals surface area (Å²) in [5.74, 6) is 0.238. The third kappa shape index (κ3) is 2.42. The molecule has 0 radical (unpaired) electrons. The molecule has 1 atom stereocenters. The van der Waals surface area contributed by atoms with Gasteiger partial charge in [-0.3, -0.25) is 9.69 Å². The lowest BCUT2D eigenvalue weighted by atomic mass is 10.2. The quantitative estimate of drug-likeness (QED) is 0.636. The van der Waals surface area contributed by atoms with E-state index in [4.69, 9.17) is 0 Å².